The fourth-order valence-corrected chi connectivity index (χ4v) is 0.983. The first kappa shape index (κ1) is 8.11. The van der Waals surface area contributed by atoms with E-state index in [-0.39, 0.29) is 0 Å². The topological polar surface area (TPSA) is 43.1 Å². The Morgan fingerprint density at radius 3 is 2.50 bits per heavy atom. The van der Waals surface area contributed by atoms with Crippen LogP contribution >= 0.6 is 0 Å². The molecule has 0 amide bonds. The molecule has 2 nitrogen and oxygen atoms in total. The monoisotopic (exact) mass is 135 g/mol. The number of hydrogen-bond acceptors (Lipinski definition) is 1. The van der Waals surface area contributed by atoms with Crippen LogP contribution in [0.15, 0.2) is 0 Å². The molecule has 0 unspecified atom stereocenters. The van der Waals surface area contributed by atoms with E-state index in [2.05, 4.69) is 6.92 Å². The van der Waals surface area contributed by atoms with Crippen molar-refractivity contribution in [1.29, 1.82) is 0 Å². The molecule has 1 atom stereocenters. The summed E-state index contributed by atoms with van der Waals surface area (Å²) in [5.41, 5.74) is 0. The molecule has 0 saturated carbocycles. The Morgan fingerprint density at radius 2 is 2.12 bits per heavy atom. The second-order valence-corrected chi connectivity index (χ2v) is 2.96. The molecule has 0 aromatic carbocycles. The van der Waals surface area contributed by atoms with Gasteiger partial charge in [-0.05, 0) is 6.42 Å². The van der Waals surface area contributed by atoms with Crippen LogP contribution in [0, 0.1) is 0 Å². The molecular formula is C5H13NOS. The molecule has 8 heavy (non-hydrogen) atoms. The van der Waals surface area contributed by atoms with Crippen molar-refractivity contribution < 1.29 is 4.21 Å². The van der Waals surface area contributed by atoms with Gasteiger partial charge in [-0.15, -0.1) is 0 Å². The summed E-state index contributed by atoms with van der Waals surface area (Å²) in [6, 6.07) is 0. The lowest BCUT2D eigenvalue weighted by Crippen LogP contribution is -2.06. The van der Waals surface area contributed by atoms with E-state index in [0.29, 0.717) is 5.75 Å². The molecule has 0 bridgehead atoms. The van der Waals surface area contributed by atoms with Crippen LogP contribution in [0.5, 0.6) is 0 Å². The maximum absolute atomic E-state index is 10.2. The molecule has 0 aromatic heterocycles. The van der Waals surface area contributed by atoms with E-state index in [1.54, 1.807) is 0 Å². The highest BCUT2D eigenvalue weighted by atomic mass is 32.2. The zero-order valence-electron chi connectivity index (χ0n) is 5.22. The van der Waals surface area contributed by atoms with Crippen LogP contribution < -0.4 is 5.14 Å². The summed E-state index contributed by atoms with van der Waals surface area (Å²) >= 11 is 0. The molecule has 0 aliphatic carbocycles. The van der Waals surface area contributed by atoms with E-state index in [1.807, 2.05) is 0 Å². The second kappa shape index (κ2) is 5.25. The van der Waals surface area contributed by atoms with E-state index >= 15 is 0 Å². The van der Waals surface area contributed by atoms with Crippen LogP contribution in [0.2, 0.25) is 0 Å². The van der Waals surface area contributed by atoms with Crippen molar-refractivity contribution >= 4 is 11.0 Å². The van der Waals surface area contributed by atoms with E-state index in [0.717, 1.165) is 19.3 Å². The molecule has 0 heterocycles. The summed E-state index contributed by atoms with van der Waals surface area (Å²) in [6.07, 6.45) is 3.31. The van der Waals surface area contributed by atoms with Crippen molar-refractivity contribution in [2.24, 2.45) is 5.14 Å². The normalized spacial score (nSPS) is 13.8. The molecule has 0 fully saturated rings. The predicted molar refractivity (Wildman–Crippen MR) is 36.7 cm³/mol. The fraction of sp³-hybridized carbons (Fsp3) is 1.00. The number of unbranched alkanes of at least 4 members (excludes halogenated alkanes) is 2. The first-order valence-electron chi connectivity index (χ1n) is 2.90. The smallest absolute Gasteiger partial charge is 0.0887 e. The van der Waals surface area contributed by atoms with Gasteiger partial charge in [0.1, 0.15) is 0 Å². The van der Waals surface area contributed by atoms with E-state index in [4.69, 9.17) is 5.14 Å². The summed E-state index contributed by atoms with van der Waals surface area (Å²) in [5, 5.41) is 5.01. The van der Waals surface area contributed by atoms with Gasteiger partial charge in [-0.3, -0.25) is 5.14 Å². The second-order valence-electron chi connectivity index (χ2n) is 1.79. The van der Waals surface area contributed by atoms with E-state index < -0.39 is 11.0 Å². The maximum atomic E-state index is 10.2. The first-order chi connectivity index (χ1) is 3.77. The largest absolute Gasteiger partial charge is 0.252 e. The lowest BCUT2D eigenvalue weighted by molar-refractivity contribution is 0.677. The average Bonchev–Trinajstić information content (AvgIpc) is 1.66. The predicted octanol–water partition coefficient (Wildman–Crippen LogP) is 0.799. The fourth-order valence-electron chi connectivity index (χ4n) is 0.494. The van der Waals surface area contributed by atoms with Gasteiger partial charge in [-0.25, -0.2) is 4.21 Å². The summed E-state index contributed by atoms with van der Waals surface area (Å²) < 4.78 is 10.2. The molecule has 0 aromatic rings. The molecule has 0 spiro atoms. The Bertz CT molecular complexity index is 74.8. The van der Waals surface area contributed by atoms with Crippen molar-refractivity contribution in [3.8, 4) is 0 Å². The molecule has 0 rings (SSSR count). The van der Waals surface area contributed by atoms with Gasteiger partial charge in [0, 0.05) is 5.75 Å². The Kier molecular flexibility index (Phi) is 5.32. The maximum Gasteiger partial charge on any atom is 0.0887 e. The lowest BCUT2D eigenvalue weighted by Gasteiger charge is -1.91. The van der Waals surface area contributed by atoms with Crippen molar-refractivity contribution in [1.82, 2.24) is 0 Å². The Labute approximate surface area is 53.0 Å². The molecule has 0 saturated heterocycles. The minimum atomic E-state index is -1.07. The van der Waals surface area contributed by atoms with Gasteiger partial charge in [0.15, 0.2) is 0 Å². The zero-order chi connectivity index (χ0) is 6.41. The standard InChI is InChI=1S/C5H13NOS/c1-2-3-4-5-8(6)7/h2-6H2,1H3/t8-/m0/s1. The SMILES string of the molecule is CCCCC[S@@](N)=O. The third-order valence-electron chi connectivity index (χ3n) is 0.949. The Morgan fingerprint density at radius 1 is 1.50 bits per heavy atom. The Hall–Kier alpha value is 0.110. The minimum absolute atomic E-state index is 0.661. The highest BCUT2D eigenvalue weighted by molar-refractivity contribution is 7.82. The summed E-state index contributed by atoms with van der Waals surface area (Å²) in [7, 11) is -1.07. The van der Waals surface area contributed by atoms with Crippen LogP contribution in [-0.2, 0) is 11.0 Å². The highest BCUT2D eigenvalue weighted by Crippen LogP contribution is 1.92. The van der Waals surface area contributed by atoms with Crippen LogP contribution in [0.25, 0.3) is 0 Å². The van der Waals surface area contributed by atoms with Gasteiger partial charge in [0.25, 0.3) is 0 Å². The van der Waals surface area contributed by atoms with Crippen molar-refractivity contribution in [3.63, 3.8) is 0 Å². The summed E-state index contributed by atoms with van der Waals surface area (Å²) in [5.74, 6) is 0.661. The van der Waals surface area contributed by atoms with Crippen molar-refractivity contribution in [2.45, 2.75) is 26.2 Å². The van der Waals surface area contributed by atoms with Gasteiger partial charge in [0.05, 0.1) is 11.0 Å². The molecule has 3 heteroatoms. The molecular weight excluding hydrogens is 122 g/mol. The quantitative estimate of drug-likeness (QED) is 0.569. The third kappa shape index (κ3) is 6.11. The average molecular weight is 135 g/mol. The molecule has 0 aliphatic heterocycles. The minimum Gasteiger partial charge on any atom is -0.252 e. The van der Waals surface area contributed by atoms with Gasteiger partial charge in [0.2, 0.25) is 0 Å². The van der Waals surface area contributed by atoms with Crippen molar-refractivity contribution in [2.75, 3.05) is 5.75 Å². The number of nitrogens with two attached hydrogens (primary N) is 1. The Balaban J connectivity index is 2.82. The van der Waals surface area contributed by atoms with Gasteiger partial charge in [-0.2, -0.15) is 0 Å². The summed E-state index contributed by atoms with van der Waals surface area (Å²) in [4.78, 5) is 0. The van der Waals surface area contributed by atoms with E-state index in [1.165, 1.54) is 0 Å². The van der Waals surface area contributed by atoms with Gasteiger partial charge in [-0.1, -0.05) is 19.8 Å². The van der Waals surface area contributed by atoms with Crippen LogP contribution in [0.1, 0.15) is 26.2 Å². The third-order valence-corrected chi connectivity index (χ3v) is 1.64. The molecule has 2 N–H and O–H groups in total. The number of rotatable bonds is 4. The van der Waals surface area contributed by atoms with Crippen molar-refractivity contribution in [3.05, 3.63) is 0 Å². The van der Waals surface area contributed by atoms with Gasteiger partial charge >= 0.3 is 0 Å². The highest BCUT2D eigenvalue weighted by Gasteiger charge is 1.88. The molecule has 0 radical (unpaired) electrons. The summed E-state index contributed by atoms with van der Waals surface area (Å²) in [6.45, 7) is 2.11. The van der Waals surface area contributed by atoms with Crippen LogP contribution in [0.3, 0.4) is 0 Å². The number of hydrogen-bond donors (Lipinski definition) is 1. The zero-order valence-corrected chi connectivity index (χ0v) is 6.04. The molecule has 50 valence electrons. The van der Waals surface area contributed by atoms with Crippen LogP contribution in [-0.4, -0.2) is 9.96 Å². The lowest BCUT2D eigenvalue weighted by atomic mass is 10.3. The molecule has 0 aliphatic rings. The van der Waals surface area contributed by atoms with Crippen LogP contribution in [0.4, 0.5) is 0 Å². The van der Waals surface area contributed by atoms with Gasteiger partial charge < -0.3 is 0 Å². The van der Waals surface area contributed by atoms with E-state index in [9.17, 15) is 4.21 Å². The first-order valence-corrected chi connectivity index (χ1v) is 4.28.